The molecule has 1 heterocycles. The van der Waals surface area contributed by atoms with Crippen LogP contribution in [0.15, 0.2) is 0 Å². The van der Waals surface area contributed by atoms with Gasteiger partial charge in [-0.1, -0.05) is 34.8 Å². The molecule has 0 amide bonds. The number of halogens is 3. The van der Waals surface area contributed by atoms with Gasteiger partial charge in [-0.3, -0.25) is 0 Å². The van der Waals surface area contributed by atoms with Crippen LogP contribution < -0.4 is 4.74 Å². The molecule has 0 N–H and O–H groups in total. The van der Waals surface area contributed by atoms with Gasteiger partial charge in [0, 0.05) is 0 Å². The van der Waals surface area contributed by atoms with Gasteiger partial charge in [0.1, 0.15) is 5.02 Å². The van der Waals surface area contributed by atoms with Crippen molar-refractivity contribution >= 4 is 34.8 Å². The molecule has 0 aliphatic rings. The lowest BCUT2D eigenvalue weighted by Crippen LogP contribution is -1.97. The lowest BCUT2D eigenvalue weighted by atomic mass is 10.3. The summed E-state index contributed by atoms with van der Waals surface area (Å²) < 4.78 is 5.17. The van der Waals surface area contributed by atoms with E-state index in [2.05, 4.69) is 4.98 Å². The van der Waals surface area contributed by atoms with Crippen LogP contribution in [0, 0.1) is 6.92 Å². The van der Waals surface area contributed by atoms with Gasteiger partial charge in [-0.05, 0) is 19.4 Å². The Morgan fingerprint density at radius 1 is 1.23 bits per heavy atom. The summed E-state index contributed by atoms with van der Waals surface area (Å²) in [5.41, 5.74) is 0.687. The van der Waals surface area contributed by atoms with E-state index in [0.29, 0.717) is 28.1 Å². The largest absolute Gasteiger partial charge is 0.477 e. The molecule has 0 saturated carbocycles. The van der Waals surface area contributed by atoms with Crippen LogP contribution in [0.25, 0.3) is 0 Å². The molecule has 0 aliphatic carbocycles. The first-order valence-corrected chi connectivity index (χ1v) is 4.85. The molecule has 0 aromatic carbocycles. The molecule has 1 aromatic rings. The van der Waals surface area contributed by atoms with Crippen molar-refractivity contribution in [1.29, 1.82) is 0 Å². The molecule has 2 nitrogen and oxygen atoms in total. The molecule has 0 spiro atoms. The highest BCUT2D eigenvalue weighted by Gasteiger charge is 2.13. The maximum absolute atomic E-state index is 5.92. The SMILES string of the molecule is CCOc1nc(Cl)c(Cl)c(C)c1Cl. The van der Waals surface area contributed by atoms with E-state index in [9.17, 15) is 0 Å². The third-order valence-corrected chi connectivity index (χ3v) is 2.79. The predicted molar refractivity (Wildman–Crippen MR) is 55.2 cm³/mol. The molecular weight excluding hydrogens is 232 g/mol. The number of ether oxygens (including phenoxy) is 1. The standard InChI is InChI=1S/C8H8Cl3NO/c1-3-13-8-6(10)4(2)5(9)7(11)12-8/h3H2,1-2H3. The number of hydrogen-bond donors (Lipinski definition) is 0. The first kappa shape index (κ1) is 10.9. The first-order valence-electron chi connectivity index (χ1n) is 3.71. The Balaban J connectivity index is 3.24. The number of nitrogens with zero attached hydrogens (tertiary/aromatic N) is 1. The van der Waals surface area contributed by atoms with Crippen LogP contribution in [-0.2, 0) is 0 Å². The molecule has 1 aromatic heterocycles. The van der Waals surface area contributed by atoms with E-state index in [-0.39, 0.29) is 5.15 Å². The molecule has 0 radical (unpaired) electrons. The van der Waals surface area contributed by atoms with Crippen LogP contribution in [-0.4, -0.2) is 11.6 Å². The monoisotopic (exact) mass is 239 g/mol. The summed E-state index contributed by atoms with van der Waals surface area (Å²) in [5, 5.41) is 0.999. The minimum atomic E-state index is 0.215. The number of rotatable bonds is 2. The Morgan fingerprint density at radius 3 is 2.38 bits per heavy atom. The van der Waals surface area contributed by atoms with E-state index in [1.54, 1.807) is 6.92 Å². The third-order valence-electron chi connectivity index (χ3n) is 1.51. The quantitative estimate of drug-likeness (QED) is 0.735. The van der Waals surface area contributed by atoms with Gasteiger partial charge in [-0.15, -0.1) is 0 Å². The fraction of sp³-hybridized carbons (Fsp3) is 0.375. The fourth-order valence-electron chi connectivity index (χ4n) is 0.831. The van der Waals surface area contributed by atoms with Crippen molar-refractivity contribution in [2.45, 2.75) is 13.8 Å². The zero-order valence-electron chi connectivity index (χ0n) is 7.20. The fourth-order valence-corrected chi connectivity index (χ4v) is 1.43. The van der Waals surface area contributed by atoms with Crippen molar-refractivity contribution in [1.82, 2.24) is 4.98 Å². The summed E-state index contributed by atoms with van der Waals surface area (Å²) in [6.45, 7) is 4.10. The summed E-state index contributed by atoms with van der Waals surface area (Å²) in [6, 6.07) is 0. The Kier molecular flexibility index (Phi) is 3.65. The van der Waals surface area contributed by atoms with Crippen molar-refractivity contribution in [2.75, 3.05) is 6.61 Å². The van der Waals surface area contributed by atoms with Crippen molar-refractivity contribution in [3.63, 3.8) is 0 Å². The topological polar surface area (TPSA) is 22.1 Å². The van der Waals surface area contributed by atoms with Gasteiger partial charge in [-0.25, -0.2) is 0 Å². The highest BCUT2D eigenvalue weighted by Crippen LogP contribution is 2.35. The Bertz CT molecular complexity index is 328. The molecule has 0 saturated heterocycles. The highest BCUT2D eigenvalue weighted by molar-refractivity contribution is 6.43. The second-order valence-electron chi connectivity index (χ2n) is 2.39. The summed E-state index contributed by atoms with van der Waals surface area (Å²) in [5.74, 6) is 0.330. The zero-order valence-corrected chi connectivity index (χ0v) is 9.46. The second-order valence-corrected chi connectivity index (χ2v) is 3.51. The molecule has 0 bridgehead atoms. The molecule has 13 heavy (non-hydrogen) atoms. The molecule has 72 valence electrons. The summed E-state index contributed by atoms with van der Waals surface area (Å²) in [4.78, 5) is 3.90. The average molecular weight is 241 g/mol. The molecule has 0 aliphatic heterocycles. The van der Waals surface area contributed by atoms with Crippen molar-refractivity contribution in [2.24, 2.45) is 0 Å². The summed E-state index contributed by atoms with van der Waals surface area (Å²) >= 11 is 17.5. The maximum Gasteiger partial charge on any atom is 0.234 e. The first-order chi connectivity index (χ1) is 6.07. The Morgan fingerprint density at radius 2 is 1.85 bits per heavy atom. The molecule has 1 rings (SSSR count). The Labute approximate surface area is 91.8 Å². The average Bonchev–Trinajstić information content (AvgIpc) is 2.11. The summed E-state index contributed by atoms with van der Waals surface area (Å²) in [7, 11) is 0. The van der Waals surface area contributed by atoms with Crippen LogP contribution in [0.1, 0.15) is 12.5 Å². The van der Waals surface area contributed by atoms with Crippen LogP contribution in [0.4, 0.5) is 0 Å². The van der Waals surface area contributed by atoms with Gasteiger partial charge in [0.15, 0.2) is 5.15 Å². The minimum Gasteiger partial charge on any atom is -0.477 e. The molecule has 0 fully saturated rings. The smallest absolute Gasteiger partial charge is 0.234 e. The van der Waals surface area contributed by atoms with E-state index in [1.807, 2.05) is 6.92 Å². The lowest BCUT2D eigenvalue weighted by Gasteiger charge is -2.08. The van der Waals surface area contributed by atoms with Crippen molar-refractivity contribution in [3.05, 3.63) is 20.8 Å². The van der Waals surface area contributed by atoms with Crippen molar-refractivity contribution in [3.8, 4) is 5.88 Å². The van der Waals surface area contributed by atoms with E-state index in [1.165, 1.54) is 0 Å². The zero-order chi connectivity index (χ0) is 10.0. The van der Waals surface area contributed by atoms with E-state index < -0.39 is 0 Å². The van der Waals surface area contributed by atoms with Crippen LogP contribution >= 0.6 is 34.8 Å². The van der Waals surface area contributed by atoms with E-state index in [0.717, 1.165) is 0 Å². The van der Waals surface area contributed by atoms with Crippen LogP contribution in [0.5, 0.6) is 5.88 Å². The maximum atomic E-state index is 5.92. The van der Waals surface area contributed by atoms with Gasteiger partial charge in [0.2, 0.25) is 5.88 Å². The van der Waals surface area contributed by atoms with Crippen LogP contribution in [0.2, 0.25) is 15.2 Å². The Hall–Kier alpha value is -0.180. The normalized spacial score (nSPS) is 10.2. The van der Waals surface area contributed by atoms with Gasteiger partial charge in [0.25, 0.3) is 0 Å². The summed E-state index contributed by atoms with van der Waals surface area (Å²) in [6.07, 6.45) is 0. The van der Waals surface area contributed by atoms with E-state index in [4.69, 9.17) is 39.5 Å². The minimum absolute atomic E-state index is 0.215. The van der Waals surface area contributed by atoms with Gasteiger partial charge >= 0.3 is 0 Å². The number of aromatic nitrogens is 1. The third kappa shape index (κ3) is 2.19. The molecule has 5 heteroatoms. The van der Waals surface area contributed by atoms with E-state index >= 15 is 0 Å². The second kappa shape index (κ2) is 4.36. The number of pyridine rings is 1. The number of hydrogen-bond acceptors (Lipinski definition) is 2. The van der Waals surface area contributed by atoms with Crippen LogP contribution in [0.3, 0.4) is 0 Å². The van der Waals surface area contributed by atoms with Gasteiger partial charge < -0.3 is 4.74 Å². The molecule has 0 unspecified atom stereocenters. The van der Waals surface area contributed by atoms with Gasteiger partial charge in [0.05, 0.1) is 11.6 Å². The molecular formula is C8H8Cl3NO. The van der Waals surface area contributed by atoms with Crippen molar-refractivity contribution < 1.29 is 4.74 Å². The lowest BCUT2D eigenvalue weighted by molar-refractivity contribution is 0.327. The predicted octanol–water partition coefficient (Wildman–Crippen LogP) is 3.75. The van der Waals surface area contributed by atoms with Gasteiger partial charge in [-0.2, -0.15) is 4.98 Å². The molecule has 0 atom stereocenters. The highest BCUT2D eigenvalue weighted by atomic mass is 35.5.